The smallest absolute Gasteiger partial charge is 0.198 e. The van der Waals surface area contributed by atoms with Crippen molar-refractivity contribution in [2.75, 3.05) is 0 Å². The molecule has 3 rings (SSSR count). The van der Waals surface area contributed by atoms with Crippen molar-refractivity contribution in [3.8, 4) is 5.75 Å². The predicted octanol–water partition coefficient (Wildman–Crippen LogP) is 3.33. The van der Waals surface area contributed by atoms with E-state index in [9.17, 15) is 5.11 Å². The molecule has 2 heterocycles. The van der Waals surface area contributed by atoms with Crippen LogP contribution in [0.3, 0.4) is 0 Å². The fourth-order valence-corrected chi connectivity index (χ4v) is 2.13. The number of aromatic hydroxyl groups is 1. The van der Waals surface area contributed by atoms with Crippen LogP contribution in [0.4, 0.5) is 0 Å². The monoisotopic (exact) mass is 243 g/mol. The molecule has 0 spiro atoms. The van der Waals surface area contributed by atoms with Gasteiger partial charge in [0.25, 0.3) is 0 Å². The van der Waals surface area contributed by atoms with Crippen molar-refractivity contribution >= 4 is 11.0 Å². The van der Waals surface area contributed by atoms with Crippen LogP contribution in [0.25, 0.3) is 11.0 Å². The Hall–Kier alpha value is -2.23. The maximum absolute atomic E-state index is 9.75. The Morgan fingerprint density at radius 3 is 2.83 bits per heavy atom. The summed E-state index contributed by atoms with van der Waals surface area (Å²) in [5.74, 6) is 1.59. The molecular weight excluding hydrogens is 230 g/mol. The van der Waals surface area contributed by atoms with Crippen molar-refractivity contribution in [3.05, 3.63) is 47.4 Å². The van der Waals surface area contributed by atoms with Gasteiger partial charge in [0.05, 0.1) is 12.1 Å². The largest absolute Gasteiger partial charge is 0.504 e. The Labute approximate surface area is 104 Å². The van der Waals surface area contributed by atoms with E-state index in [1.165, 1.54) is 0 Å². The van der Waals surface area contributed by atoms with E-state index >= 15 is 0 Å². The predicted molar refractivity (Wildman–Crippen MR) is 66.7 cm³/mol. The van der Waals surface area contributed by atoms with E-state index in [1.807, 2.05) is 19.9 Å². The summed E-state index contributed by atoms with van der Waals surface area (Å²) in [6.07, 6.45) is 2.19. The van der Waals surface area contributed by atoms with Crippen LogP contribution in [0.15, 0.2) is 33.3 Å². The lowest BCUT2D eigenvalue weighted by Crippen LogP contribution is -1.89. The van der Waals surface area contributed by atoms with Crippen LogP contribution in [0.1, 0.15) is 22.9 Å². The van der Waals surface area contributed by atoms with Gasteiger partial charge in [0.1, 0.15) is 12.0 Å². The highest BCUT2D eigenvalue weighted by atomic mass is 16.4. The van der Waals surface area contributed by atoms with Gasteiger partial charge >= 0.3 is 0 Å². The number of hydrogen-bond donors (Lipinski definition) is 1. The molecule has 3 aromatic rings. The van der Waals surface area contributed by atoms with Gasteiger partial charge in [-0.1, -0.05) is 12.1 Å². The van der Waals surface area contributed by atoms with Gasteiger partial charge in [0.2, 0.25) is 0 Å². The minimum Gasteiger partial charge on any atom is -0.504 e. The minimum atomic E-state index is 0.158. The van der Waals surface area contributed by atoms with E-state index in [2.05, 4.69) is 4.98 Å². The second-order valence-electron chi connectivity index (χ2n) is 4.35. The molecule has 4 heteroatoms. The van der Waals surface area contributed by atoms with Crippen molar-refractivity contribution in [2.45, 2.75) is 20.3 Å². The molecule has 0 aliphatic heterocycles. The van der Waals surface area contributed by atoms with Crippen LogP contribution in [-0.4, -0.2) is 10.1 Å². The highest BCUT2D eigenvalue weighted by Gasteiger charge is 2.15. The zero-order valence-electron chi connectivity index (χ0n) is 10.2. The minimum absolute atomic E-state index is 0.158. The highest BCUT2D eigenvalue weighted by molar-refractivity contribution is 5.87. The normalized spacial score (nSPS) is 11.2. The van der Waals surface area contributed by atoms with E-state index in [0.717, 1.165) is 22.4 Å². The Bertz CT molecular complexity index is 709. The Morgan fingerprint density at radius 1 is 1.28 bits per heavy atom. The first-order chi connectivity index (χ1) is 8.65. The van der Waals surface area contributed by atoms with Crippen LogP contribution >= 0.6 is 0 Å². The second kappa shape index (κ2) is 3.91. The zero-order valence-corrected chi connectivity index (χ0v) is 10.2. The number of rotatable bonds is 2. The van der Waals surface area contributed by atoms with Crippen molar-refractivity contribution in [1.29, 1.82) is 0 Å². The molecule has 18 heavy (non-hydrogen) atoms. The molecule has 0 saturated heterocycles. The van der Waals surface area contributed by atoms with Gasteiger partial charge in [-0.05, 0) is 19.9 Å². The molecule has 0 atom stereocenters. The fraction of sp³-hybridized carbons (Fsp3) is 0.214. The van der Waals surface area contributed by atoms with Gasteiger partial charge in [-0.3, -0.25) is 0 Å². The lowest BCUT2D eigenvalue weighted by Gasteiger charge is -1.96. The van der Waals surface area contributed by atoms with Crippen molar-refractivity contribution in [2.24, 2.45) is 0 Å². The molecule has 4 nitrogen and oxygen atoms in total. The number of para-hydroxylation sites is 1. The number of phenols is 1. The second-order valence-corrected chi connectivity index (χ2v) is 4.35. The number of benzene rings is 1. The molecule has 0 fully saturated rings. The average molecular weight is 243 g/mol. The summed E-state index contributed by atoms with van der Waals surface area (Å²) in [6.45, 7) is 3.77. The molecule has 0 bridgehead atoms. The molecule has 92 valence electrons. The van der Waals surface area contributed by atoms with Crippen LogP contribution in [0.2, 0.25) is 0 Å². The third-order valence-electron chi connectivity index (χ3n) is 2.99. The summed E-state index contributed by atoms with van der Waals surface area (Å²) in [6, 6.07) is 5.35. The first-order valence-corrected chi connectivity index (χ1v) is 5.76. The number of aryl methyl sites for hydroxylation is 2. The Kier molecular flexibility index (Phi) is 2.37. The molecular formula is C14H13NO3. The van der Waals surface area contributed by atoms with Crippen molar-refractivity contribution in [3.63, 3.8) is 0 Å². The van der Waals surface area contributed by atoms with Crippen molar-refractivity contribution < 1.29 is 13.9 Å². The SMILES string of the molecule is Cc1coc(Cc2c(C)oc3c(O)cccc23)n1. The van der Waals surface area contributed by atoms with Gasteiger partial charge in [0, 0.05) is 10.9 Å². The molecule has 0 saturated carbocycles. The van der Waals surface area contributed by atoms with Gasteiger partial charge in [-0.15, -0.1) is 0 Å². The van der Waals surface area contributed by atoms with E-state index in [4.69, 9.17) is 8.83 Å². The van der Waals surface area contributed by atoms with Crippen LogP contribution in [0, 0.1) is 13.8 Å². The van der Waals surface area contributed by atoms with Crippen LogP contribution < -0.4 is 0 Å². The maximum atomic E-state index is 9.75. The Balaban J connectivity index is 2.11. The molecule has 1 N–H and O–H groups in total. The first-order valence-electron chi connectivity index (χ1n) is 5.76. The average Bonchev–Trinajstić information content (AvgIpc) is 2.87. The summed E-state index contributed by atoms with van der Waals surface area (Å²) >= 11 is 0. The van der Waals surface area contributed by atoms with Crippen LogP contribution in [-0.2, 0) is 6.42 Å². The number of phenolic OH excluding ortho intramolecular Hbond substituents is 1. The maximum Gasteiger partial charge on any atom is 0.198 e. The number of aromatic nitrogens is 1. The molecule has 0 radical (unpaired) electrons. The number of nitrogens with zero attached hydrogens (tertiary/aromatic N) is 1. The van der Waals surface area contributed by atoms with Gasteiger partial charge in [0.15, 0.2) is 17.2 Å². The third kappa shape index (κ3) is 1.66. The third-order valence-corrected chi connectivity index (χ3v) is 2.99. The zero-order chi connectivity index (χ0) is 12.7. The lowest BCUT2D eigenvalue weighted by molar-refractivity contribution is 0.460. The van der Waals surface area contributed by atoms with Gasteiger partial charge in [-0.2, -0.15) is 0 Å². The number of fused-ring (bicyclic) bond motifs is 1. The first kappa shape index (κ1) is 10.9. The number of oxazole rings is 1. The molecule has 1 aromatic carbocycles. The molecule has 2 aromatic heterocycles. The topological polar surface area (TPSA) is 59.4 Å². The molecule has 0 aliphatic rings. The highest BCUT2D eigenvalue weighted by Crippen LogP contribution is 2.32. The number of hydrogen-bond acceptors (Lipinski definition) is 4. The summed E-state index contributed by atoms with van der Waals surface area (Å²) in [5.41, 5.74) is 2.38. The lowest BCUT2D eigenvalue weighted by atomic mass is 10.1. The number of furan rings is 1. The fourth-order valence-electron chi connectivity index (χ4n) is 2.13. The van der Waals surface area contributed by atoms with E-state index in [1.54, 1.807) is 18.4 Å². The standard InChI is InChI=1S/C14H13NO3/c1-8-7-17-13(15-8)6-11-9(2)18-14-10(11)4-3-5-12(14)16/h3-5,7,16H,6H2,1-2H3. The van der Waals surface area contributed by atoms with Gasteiger partial charge in [-0.25, -0.2) is 4.98 Å². The quantitative estimate of drug-likeness (QED) is 0.750. The van der Waals surface area contributed by atoms with Crippen molar-refractivity contribution in [1.82, 2.24) is 4.98 Å². The van der Waals surface area contributed by atoms with E-state index < -0.39 is 0 Å². The molecule has 0 aliphatic carbocycles. The molecule has 0 unspecified atom stereocenters. The summed E-state index contributed by atoms with van der Waals surface area (Å²) in [7, 11) is 0. The summed E-state index contributed by atoms with van der Waals surface area (Å²) in [5, 5.41) is 10.7. The van der Waals surface area contributed by atoms with E-state index in [-0.39, 0.29) is 5.75 Å². The summed E-state index contributed by atoms with van der Waals surface area (Å²) < 4.78 is 10.9. The molecule has 0 amide bonds. The van der Waals surface area contributed by atoms with Crippen LogP contribution in [0.5, 0.6) is 5.75 Å². The summed E-state index contributed by atoms with van der Waals surface area (Å²) in [4.78, 5) is 4.29. The Morgan fingerprint density at radius 2 is 2.11 bits per heavy atom. The van der Waals surface area contributed by atoms with Gasteiger partial charge < -0.3 is 13.9 Å². The van der Waals surface area contributed by atoms with E-state index in [0.29, 0.717) is 17.9 Å².